The number of carbonyl (C=O) groups is 1. The summed E-state index contributed by atoms with van der Waals surface area (Å²) in [5.74, 6) is 0.722. The van der Waals surface area contributed by atoms with E-state index in [-0.39, 0.29) is 18.8 Å². The van der Waals surface area contributed by atoms with E-state index in [2.05, 4.69) is 5.32 Å². The van der Waals surface area contributed by atoms with Crippen LogP contribution in [-0.2, 0) is 4.74 Å². The number of rotatable bonds is 9. The van der Waals surface area contributed by atoms with Crippen LogP contribution in [-0.4, -0.2) is 35.3 Å². The number of hydrogen-bond acceptors (Lipinski definition) is 6. The first-order valence-corrected chi connectivity index (χ1v) is 12.5. The molecule has 0 saturated heterocycles. The molecule has 2 atom stereocenters. The van der Waals surface area contributed by atoms with Crippen molar-refractivity contribution >= 4 is 34.3 Å². The fourth-order valence-corrected chi connectivity index (χ4v) is 4.31. The highest BCUT2D eigenvalue weighted by Crippen LogP contribution is 2.36. The van der Waals surface area contributed by atoms with Crippen LogP contribution in [0, 0.1) is 0 Å². The standard InChI is InChI=1S/C28H27NO5S/c1-35-21-13-11-19(12-14-21)29-28(32)34-27(26(17-18-30)33-20-7-3-2-4-8-20)24-15-16-25(31)23-10-6-5-9-22(23)24/h2-16,26-27,30-31H,17-18H2,1H3,(H,29,32)/t26-,27-/m0/s1. The largest absolute Gasteiger partial charge is 0.507 e. The molecule has 0 heterocycles. The highest BCUT2D eigenvalue weighted by Gasteiger charge is 2.31. The predicted octanol–water partition coefficient (Wildman–Crippen LogP) is 6.39. The normalized spacial score (nSPS) is 12.6. The summed E-state index contributed by atoms with van der Waals surface area (Å²) in [6.45, 7) is -0.162. The zero-order chi connectivity index (χ0) is 24.6. The summed E-state index contributed by atoms with van der Waals surface area (Å²) in [4.78, 5) is 14.1. The minimum Gasteiger partial charge on any atom is -0.507 e. The van der Waals surface area contributed by atoms with Crippen LogP contribution < -0.4 is 10.1 Å². The number of anilines is 1. The number of benzene rings is 4. The molecule has 35 heavy (non-hydrogen) atoms. The Morgan fingerprint density at radius 2 is 1.60 bits per heavy atom. The summed E-state index contributed by atoms with van der Waals surface area (Å²) < 4.78 is 12.2. The third kappa shape index (κ3) is 6.07. The molecular weight excluding hydrogens is 462 g/mol. The number of ether oxygens (including phenoxy) is 2. The first kappa shape index (κ1) is 24.4. The van der Waals surface area contributed by atoms with E-state index in [1.165, 1.54) is 0 Å². The number of nitrogens with one attached hydrogen (secondary N) is 1. The van der Waals surface area contributed by atoms with Crippen molar-refractivity contribution in [1.82, 2.24) is 0 Å². The Morgan fingerprint density at radius 3 is 2.29 bits per heavy atom. The van der Waals surface area contributed by atoms with E-state index in [4.69, 9.17) is 9.47 Å². The molecule has 3 N–H and O–H groups in total. The first-order valence-electron chi connectivity index (χ1n) is 11.2. The predicted molar refractivity (Wildman–Crippen MR) is 139 cm³/mol. The van der Waals surface area contributed by atoms with E-state index >= 15 is 0 Å². The lowest BCUT2D eigenvalue weighted by Gasteiger charge is -2.29. The van der Waals surface area contributed by atoms with Gasteiger partial charge in [0.25, 0.3) is 0 Å². The summed E-state index contributed by atoms with van der Waals surface area (Å²) in [6.07, 6.45) is 0.0175. The maximum atomic E-state index is 13.0. The molecule has 4 rings (SSSR count). The van der Waals surface area contributed by atoms with Crippen molar-refractivity contribution in [1.29, 1.82) is 0 Å². The first-order chi connectivity index (χ1) is 17.1. The van der Waals surface area contributed by atoms with Crippen LogP contribution in [0.25, 0.3) is 10.8 Å². The van der Waals surface area contributed by atoms with Crippen molar-refractivity contribution in [3.63, 3.8) is 0 Å². The lowest BCUT2D eigenvalue weighted by Crippen LogP contribution is -2.32. The Kier molecular flexibility index (Phi) is 8.13. The molecule has 0 radical (unpaired) electrons. The third-order valence-corrected chi connectivity index (χ3v) is 6.34. The summed E-state index contributed by atoms with van der Waals surface area (Å²) in [5, 5.41) is 24.3. The van der Waals surface area contributed by atoms with Gasteiger partial charge in [-0.3, -0.25) is 5.32 Å². The molecule has 0 spiro atoms. The van der Waals surface area contributed by atoms with Crippen molar-refractivity contribution < 1.29 is 24.5 Å². The summed E-state index contributed by atoms with van der Waals surface area (Å²) in [7, 11) is 0. The van der Waals surface area contributed by atoms with Gasteiger partial charge in [0.2, 0.25) is 0 Å². The van der Waals surface area contributed by atoms with Gasteiger partial charge in [-0.1, -0.05) is 48.5 Å². The van der Waals surface area contributed by atoms with Crippen LogP contribution in [0.4, 0.5) is 10.5 Å². The molecule has 4 aromatic carbocycles. The number of hydrogen-bond donors (Lipinski definition) is 3. The Balaban J connectivity index is 1.69. The van der Waals surface area contributed by atoms with E-state index in [1.807, 2.05) is 79.1 Å². The van der Waals surface area contributed by atoms with Gasteiger partial charge in [0.15, 0.2) is 6.10 Å². The highest BCUT2D eigenvalue weighted by atomic mass is 32.2. The number of fused-ring (bicyclic) bond motifs is 1. The van der Waals surface area contributed by atoms with E-state index in [0.717, 1.165) is 10.3 Å². The minimum atomic E-state index is -0.863. The topological polar surface area (TPSA) is 88.0 Å². The van der Waals surface area contributed by atoms with Crippen LogP contribution >= 0.6 is 11.8 Å². The monoisotopic (exact) mass is 489 g/mol. The van der Waals surface area contributed by atoms with Gasteiger partial charge in [-0.25, -0.2) is 4.79 Å². The summed E-state index contributed by atoms with van der Waals surface area (Å²) >= 11 is 1.61. The average molecular weight is 490 g/mol. The molecule has 0 bridgehead atoms. The second-order valence-corrected chi connectivity index (χ2v) is 8.76. The van der Waals surface area contributed by atoms with Gasteiger partial charge in [0, 0.05) is 34.6 Å². The van der Waals surface area contributed by atoms with Gasteiger partial charge < -0.3 is 19.7 Å². The lowest BCUT2D eigenvalue weighted by molar-refractivity contribution is 0.00983. The molecule has 180 valence electrons. The number of phenolic OH excluding ortho intramolecular Hbond substituents is 1. The van der Waals surface area contributed by atoms with Crippen LogP contribution in [0.3, 0.4) is 0 Å². The molecular formula is C28H27NO5S. The molecule has 1 amide bonds. The van der Waals surface area contributed by atoms with Gasteiger partial charge in [-0.2, -0.15) is 0 Å². The van der Waals surface area contributed by atoms with Crippen molar-refractivity contribution in [2.24, 2.45) is 0 Å². The van der Waals surface area contributed by atoms with Crippen LogP contribution in [0.1, 0.15) is 18.1 Å². The van der Waals surface area contributed by atoms with Gasteiger partial charge in [0.05, 0.1) is 0 Å². The van der Waals surface area contributed by atoms with E-state index in [0.29, 0.717) is 22.4 Å². The molecule has 0 aliphatic rings. The van der Waals surface area contributed by atoms with E-state index in [9.17, 15) is 15.0 Å². The number of para-hydroxylation sites is 1. The number of aliphatic hydroxyl groups is 1. The summed E-state index contributed by atoms with van der Waals surface area (Å²) in [5.41, 5.74) is 1.27. The van der Waals surface area contributed by atoms with Crippen LogP contribution in [0.15, 0.2) is 95.9 Å². The summed E-state index contributed by atoms with van der Waals surface area (Å²) in [6, 6.07) is 27.3. The number of aliphatic hydroxyl groups excluding tert-OH is 1. The molecule has 7 heteroatoms. The van der Waals surface area contributed by atoms with Crippen molar-refractivity contribution in [2.45, 2.75) is 23.5 Å². The Hall–Kier alpha value is -3.68. The number of amides is 1. The van der Waals surface area contributed by atoms with Crippen molar-refractivity contribution in [2.75, 3.05) is 18.2 Å². The Labute approximate surface area is 208 Å². The van der Waals surface area contributed by atoms with Gasteiger partial charge in [-0.15, -0.1) is 11.8 Å². The zero-order valence-corrected chi connectivity index (χ0v) is 20.1. The van der Waals surface area contributed by atoms with Crippen LogP contribution in [0.5, 0.6) is 11.5 Å². The SMILES string of the molecule is CSc1ccc(NC(=O)O[C@@H](c2ccc(O)c3ccccc23)[C@H](CCO)Oc2ccccc2)cc1. The number of phenols is 1. The van der Waals surface area contributed by atoms with Gasteiger partial charge in [0.1, 0.15) is 17.6 Å². The van der Waals surface area contributed by atoms with E-state index < -0.39 is 18.3 Å². The van der Waals surface area contributed by atoms with Gasteiger partial charge in [-0.05, 0) is 54.1 Å². The number of thioether (sulfide) groups is 1. The second-order valence-electron chi connectivity index (χ2n) is 7.88. The number of aromatic hydroxyl groups is 1. The highest BCUT2D eigenvalue weighted by molar-refractivity contribution is 7.98. The van der Waals surface area contributed by atoms with Crippen molar-refractivity contribution in [3.05, 3.63) is 96.6 Å². The Bertz CT molecular complexity index is 1260. The minimum absolute atomic E-state index is 0.129. The smallest absolute Gasteiger partial charge is 0.412 e. The third-order valence-electron chi connectivity index (χ3n) is 5.59. The maximum Gasteiger partial charge on any atom is 0.412 e. The molecule has 0 saturated carbocycles. The van der Waals surface area contributed by atoms with E-state index in [1.54, 1.807) is 30.0 Å². The molecule has 0 aliphatic carbocycles. The molecule has 6 nitrogen and oxygen atoms in total. The fourth-order valence-electron chi connectivity index (χ4n) is 3.90. The van der Waals surface area contributed by atoms with Gasteiger partial charge >= 0.3 is 6.09 Å². The Morgan fingerprint density at radius 1 is 0.914 bits per heavy atom. The molecule has 4 aromatic rings. The molecule has 0 fully saturated rings. The molecule has 0 aliphatic heterocycles. The molecule has 0 unspecified atom stereocenters. The van der Waals surface area contributed by atoms with Crippen molar-refractivity contribution in [3.8, 4) is 11.5 Å². The maximum absolute atomic E-state index is 13.0. The lowest BCUT2D eigenvalue weighted by atomic mass is 9.95. The fraction of sp³-hybridized carbons (Fsp3) is 0.179. The van der Waals surface area contributed by atoms with Crippen LogP contribution in [0.2, 0.25) is 0 Å². The quantitative estimate of drug-likeness (QED) is 0.236. The zero-order valence-electron chi connectivity index (χ0n) is 19.3. The second kappa shape index (κ2) is 11.6. The average Bonchev–Trinajstić information content (AvgIpc) is 2.89. The number of carbonyl (C=O) groups excluding carboxylic acids is 1. The molecule has 0 aromatic heterocycles.